The van der Waals surface area contributed by atoms with Gasteiger partial charge in [-0.1, -0.05) is 19.3 Å². The first-order valence-corrected chi connectivity index (χ1v) is 6.78. The number of amides is 2. The van der Waals surface area contributed by atoms with E-state index in [0.29, 0.717) is 18.7 Å². The minimum atomic E-state index is -0.840. The van der Waals surface area contributed by atoms with Gasteiger partial charge < -0.3 is 15.7 Å². The van der Waals surface area contributed by atoms with Gasteiger partial charge in [0.1, 0.15) is 12.2 Å². The van der Waals surface area contributed by atoms with Crippen LogP contribution in [0.15, 0.2) is 6.33 Å². The molecule has 2 rings (SSSR count). The number of nitrogens with zero attached hydrogens (tertiary/aromatic N) is 2. The first-order chi connectivity index (χ1) is 9.66. The van der Waals surface area contributed by atoms with Crippen LogP contribution < -0.4 is 10.6 Å². The third-order valence-corrected chi connectivity index (χ3v) is 3.53. The molecule has 110 valence electrons. The molecule has 1 aromatic heterocycles. The number of carboxylic acid groups (broad SMARTS) is 1. The molecule has 0 aliphatic heterocycles. The predicted octanol–water partition coefficient (Wildman–Crippen LogP) is 0.637. The molecule has 8 heteroatoms. The largest absolute Gasteiger partial charge is 0.481 e. The zero-order valence-electron chi connectivity index (χ0n) is 11.1. The highest BCUT2D eigenvalue weighted by Gasteiger charge is 2.30. The van der Waals surface area contributed by atoms with Gasteiger partial charge in [0.05, 0.1) is 12.5 Å². The van der Waals surface area contributed by atoms with Crippen LogP contribution in [0.3, 0.4) is 0 Å². The SMILES string of the molecule is O=C(NCc1ncn[nH]1)NC1CCCCCC1C(=O)O. The summed E-state index contributed by atoms with van der Waals surface area (Å²) in [5.74, 6) is -0.795. The lowest BCUT2D eigenvalue weighted by Gasteiger charge is -2.22. The Kier molecular flexibility index (Phi) is 4.91. The lowest BCUT2D eigenvalue weighted by Crippen LogP contribution is -2.47. The van der Waals surface area contributed by atoms with Gasteiger partial charge in [-0.2, -0.15) is 5.10 Å². The van der Waals surface area contributed by atoms with Crippen LogP contribution in [0.5, 0.6) is 0 Å². The van der Waals surface area contributed by atoms with Crippen molar-refractivity contribution in [1.82, 2.24) is 25.8 Å². The van der Waals surface area contributed by atoms with Crippen LogP contribution in [0.25, 0.3) is 0 Å². The van der Waals surface area contributed by atoms with Crippen molar-refractivity contribution in [1.29, 1.82) is 0 Å². The quantitative estimate of drug-likeness (QED) is 0.603. The number of aromatic nitrogens is 3. The van der Waals surface area contributed by atoms with Crippen molar-refractivity contribution < 1.29 is 14.7 Å². The topological polar surface area (TPSA) is 120 Å². The normalized spacial score (nSPS) is 22.8. The number of rotatable bonds is 4. The van der Waals surface area contributed by atoms with E-state index in [1.807, 2.05) is 0 Å². The average molecular weight is 281 g/mol. The Morgan fingerprint density at radius 3 is 2.85 bits per heavy atom. The van der Waals surface area contributed by atoms with Crippen LogP contribution >= 0.6 is 0 Å². The summed E-state index contributed by atoms with van der Waals surface area (Å²) in [6, 6.07) is -0.690. The Morgan fingerprint density at radius 1 is 1.35 bits per heavy atom. The second-order valence-electron chi connectivity index (χ2n) is 4.95. The molecule has 0 saturated heterocycles. The van der Waals surface area contributed by atoms with E-state index in [1.165, 1.54) is 6.33 Å². The Bertz CT molecular complexity index is 448. The Labute approximate surface area is 116 Å². The molecule has 2 amide bonds. The second-order valence-corrected chi connectivity index (χ2v) is 4.95. The molecule has 1 aliphatic rings. The summed E-state index contributed by atoms with van der Waals surface area (Å²) in [5.41, 5.74) is 0. The van der Waals surface area contributed by atoms with Crippen LogP contribution in [-0.4, -0.2) is 38.3 Å². The van der Waals surface area contributed by atoms with E-state index in [9.17, 15) is 14.7 Å². The standard InChI is InChI=1S/C12H19N5O3/c18-11(19)8-4-2-1-3-5-9(8)16-12(20)13-6-10-14-7-15-17-10/h7-9H,1-6H2,(H,18,19)(H2,13,16,20)(H,14,15,17). The minimum absolute atomic E-state index is 0.232. The number of hydrogen-bond acceptors (Lipinski definition) is 4. The van der Waals surface area contributed by atoms with E-state index in [-0.39, 0.29) is 18.6 Å². The van der Waals surface area contributed by atoms with Crippen LogP contribution in [0.2, 0.25) is 0 Å². The number of aromatic amines is 1. The molecule has 0 spiro atoms. The molecular weight excluding hydrogens is 262 g/mol. The first-order valence-electron chi connectivity index (χ1n) is 6.78. The van der Waals surface area contributed by atoms with E-state index >= 15 is 0 Å². The van der Waals surface area contributed by atoms with Gasteiger partial charge in [0.15, 0.2) is 0 Å². The molecule has 4 N–H and O–H groups in total. The summed E-state index contributed by atoms with van der Waals surface area (Å²) in [7, 11) is 0. The summed E-state index contributed by atoms with van der Waals surface area (Å²) < 4.78 is 0. The fraction of sp³-hybridized carbons (Fsp3) is 0.667. The number of aliphatic carboxylic acids is 1. The lowest BCUT2D eigenvalue weighted by atomic mass is 9.95. The number of carbonyl (C=O) groups excluding carboxylic acids is 1. The number of carboxylic acids is 1. The summed E-state index contributed by atoms with van der Waals surface area (Å²) >= 11 is 0. The minimum Gasteiger partial charge on any atom is -0.481 e. The maximum absolute atomic E-state index is 11.8. The third kappa shape index (κ3) is 3.94. The number of nitrogens with one attached hydrogen (secondary N) is 3. The number of H-pyrrole nitrogens is 1. The van der Waals surface area contributed by atoms with Crippen LogP contribution in [0.1, 0.15) is 37.9 Å². The van der Waals surface area contributed by atoms with Crippen molar-refractivity contribution >= 4 is 12.0 Å². The molecule has 20 heavy (non-hydrogen) atoms. The van der Waals surface area contributed by atoms with Gasteiger partial charge in [0, 0.05) is 6.04 Å². The summed E-state index contributed by atoms with van der Waals surface area (Å²) in [6.45, 7) is 0.232. The molecule has 1 fully saturated rings. The molecule has 8 nitrogen and oxygen atoms in total. The third-order valence-electron chi connectivity index (χ3n) is 3.53. The van der Waals surface area contributed by atoms with Crippen LogP contribution in [-0.2, 0) is 11.3 Å². The first kappa shape index (κ1) is 14.3. The van der Waals surface area contributed by atoms with Gasteiger partial charge >= 0.3 is 12.0 Å². The zero-order valence-corrected chi connectivity index (χ0v) is 11.1. The number of carbonyl (C=O) groups is 2. The molecular formula is C12H19N5O3. The van der Waals surface area contributed by atoms with Crippen molar-refractivity contribution in [3.63, 3.8) is 0 Å². The monoisotopic (exact) mass is 281 g/mol. The Hall–Kier alpha value is -2.12. The van der Waals surface area contributed by atoms with Gasteiger partial charge in [0.2, 0.25) is 0 Å². The molecule has 2 atom stereocenters. The van der Waals surface area contributed by atoms with E-state index < -0.39 is 11.9 Å². The molecule has 1 aliphatic carbocycles. The Balaban J connectivity index is 1.85. The lowest BCUT2D eigenvalue weighted by molar-refractivity contribution is -0.142. The second kappa shape index (κ2) is 6.88. The van der Waals surface area contributed by atoms with E-state index in [2.05, 4.69) is 25.8 Å². The highest BCUT2D eigenvalue weighted by Crippen LogP contribution is 2.23. The predicted molar refractivity (Wildman–Crippen MR) is 69.8 cm³/mol. The summed E-state index contributed by atoms with van der Waals surface area (Å²) in [4.78, 5) is 26.9. The Morgan fingerprint density at radius 2 is 2.15 bits per heavy atom. The van der Waals surface area contributed by atoms with Gasteiger partial charge in [-0.25, -0.2) is 9.78 Å². The van der Waals surface area contributed by atoms with E-state index in [4.69, 9.17) is 0 Å². The fourth-order valence-electron chi connectivity index (χ4n) is 2.48. The maximum atomic E-state index is 11.8. The smallest absolute Gasteiger partial charge is 0.315 e. The fourth-order valence-corrected chi connectivity index (χ4v) is 2.48. The van der Waals surface area contributed by atoms with Crippen molar-refractivity contribution in [3.05, 3.63) is 12.2 Å². The molecule has 2 unspecified atom stereocenters. The molecule has 1 heterocycles. The molecule has 0 aromatic carbocycles. The number of urea groups is 1. The number of hydrogen-bond donors (Lipinski definition) is 4. The van der Waals surface area contributed by atoms with Crippen molar-refractivity contribution in [3.8, 4) is 0 Å². The van der Waals surface area contributed by atoms with Crippen LogP contribution in [0, 0.1) is 5.92 Å². The molecule has 1 aromatic rings. The highest BCUT2D eigenvalue weighted by atomic mass is 16.4. The van der Waals surface area contributed by atoms with E-state index in [0.717, 1.165) is 19.3 Å². The average Bonchev–Trinajstić information content (AvgIpc) is 2.82. The van der Waals surface area contributed by atoms with Gasteiger partial charge in [-0.05, 0) is 12.8 Å². The zero-order chi connectivity index (χ0) is 14.4. The van der Waals surface area contributed by atoms with Crippen molar-refractivity contribution in [2.45, 2.75) is 44.7 Å². The molecule has 0 bridgehead atoms. The molecule has 0 radical (unpaired) electrons. The van der Waals surface area contributed by atoms with Gasteiger partial charge in [-0.15, -0.1) is 0 Å². The maximum Gasteiger partial charge on any atom is 0.315 e. The van der Waals surface area contributed by atoms with Crippen LogP contribution in [0.4, 0.5) is 4.79 Å². The van der Waals surface area contributed by atoms with Gasteiger partial charge in [-0.3, -0.25) is 9.89 Å². The summed E-state index contributed by atoms with van der Waals surface area (Å²) in [5, 5.41) is 20.9. The van der Waals surface area contributed by atoms with Crippen molar-refractivity contribution in [2.75, 3.05) is 0 Å². The molecule has 1 saturated carbocycles. The van der Waals surface area contributed by atoms with E-state index in [1.54, 1.807) is 0 Å². The highest BCUT2D eigenvalue weighted by molar-refractivity contribution is 5.76. The van der Waals surface area contributed by atoms with Crippen molar-refractivity contribution in [2.24, 2.45) is 5.92 Å². The summed E-state index contributed by atoms with van der Waals surface area (Å²) in [6.07, 6.45) is 5.53. The van der Waals surface area contributed by atoms with Gasteiger partial charge in [0.25, 0.3) is 0 Å².